The van der Waals surface area contributed by atoms with Gasteiger partial charge in [-0.25, -0.2) is 4.79 Å². The molecule has 0 unspecified atom stereocenters. The zero-order chi connectivity index (χ0) is 21.4. The molecule has 154 valence electrons. The predicted octanol–water partition coefficient (Wildman–Crippen LogP) is 1.74. The number of nitrogens with zero attached hydrogens (tertiary/aromatic N) is 5. The van der Waals surface area contributed by atoms with Crippen molar-refractivity contribution in [2.75, 3.05) is 5.32 Å². The van der Waals surface area contributed by atoms with Crippen LogP contribution < -0.4 is 20.7 Å². The van der Waals surface area contributed by atoms with Gasteiger partial charge in [-0.05, 0) is 36.6 Å². The number of hydrogen-bond donors (Lipinski definition) is 3. The standard InChI is InChI=1S/C20H16N8O3/c21-8-7-11-1-5-14(6-2-11)31-20-25-16-12(9-15-17(29)26-19(30)24-15)10-22-28(16)18(27-20)23-13-3-4-13/h1-2,5-6,9-10,13H,3-4,7H2,(H,23,25,27)(H2,24,26,29,30)/b15-9-. The molecule has 2 fully saturated rings. The van der Waals surface area contributed by atoms with Gasteiger partial charge in [0.15, 0.2) is 5.65 Å². The van der Waals surface area contributed by atoms with E-state index in [1.165, 1.54) is 16.8 Å². The summed E-state index contributed by atoms with van der Waals surface area (Å²) < 4.78 is 7.37. The van der Waals surface area contributed by atoms with Crippen LogP contribution in [0.3, 0.4) is 0 Å². The molecule has 2 aliphatic rings. The van der Waals surface area contributed by atoms with Gasteiger partial charge in [-0.15, -0.1) is 0 Å². The molecule has 31 heavy (non-hydrogen) atoms. The van der Waals surface area contributed by atoms with E-state index in [1.54, 1.807) is 24.3 Å². The first kappa shape index (κ1) is 18.6. The zero-order valence-corrected chi connectivity index (χ0v) is 16.1. The Labute approximate surface area is 175 Å². The molecular formula is C20H16N8O3. The summed E-state index contributed by atoms with van der Waals surface area (Å²) in [5, 5.41) is 21.0. The Balaban J connectivity index is 1.52. The Bertz CT molecular complexity index is 1270. The lowest BCUT2D eigenvalue weighted by atomic mass is 10.2. The van der Waals surface area contributed by atoms with Crippen LogP contribution in [-0.4, -0.2) is 37.6 Å². The number of amides is 3. The fourth-order valence-electron chi connectivity index (χ4n) is 3.04. The van der Waals surface area contributed by atoms with Crippen LogP contribution in [-0.2, 0) is 11.2 Å². The van der Waals surface area contributed by atoms with Gasteiger partial charge < -0.3 is 15.4 Å². The number of fused-ring (bicyclic) bond motifs is 1. The van der Waals surface area contributed by atoms with Crippen LogP contribution in [0.5, 0.6) is 11.8 Å². The lowest BCUT2D eigenvalue weighted by Gasteiger charge is -2.09. The van der Waals surface area contributed by atoms with E-state index in [4.69, 9.17) is 10.00 Å². The normalized spacial score (nSPS) is 16.8. The number of urea groups is 1. The zero-order valence-electron chi connectivity index (χ0n) is 16.1. The maximum Gasteiger partial charge on any atom is 0.327 e. The SMILES string of the molecule is N#CCc1ccc(Oc2nc(NC3CC3)n3ncc(/C=C4\NC(=O)NC4=O)c3n2)cc1. The molecule has 1 aliphatic heterocycles. The summed E-state index contributed by atoms with van der Waals surface area (Å²) in [6, 6.07) is 9.01. The molecule has 1 aromatic carbocycles. The molecule has 1 aliphatic carbocycles. The molecule has 3 aromatic rings. The predicted molar refractivity (Wildman–Crippen MR) is 108 cm³/mol. The number of ether oxygens (including phenoxy) is 1. The van der Waals surface area contributed by atoms with Gasteiger partial charge in [-0.1, -0.05) is 12.1 Å². The quantitative estimate of drug-likeness (QED) is 0.407. The molecule has 5 rings (SSSR count). The third-order valence-corrected chi connectivity index (χ3v) is 4.72. The molecule has 1 saturated heterocycles. The fourth-order valence-corrected chi connectivity index (χ4v) is 3.04. The van der Waals surface area contributed by atoms with Crippen molar-refractivity contribution < 1.29 is 14.3 Å². The molecule has 0 spiro atoms. The van der Waals surface area contributed by atoms with E-state index in [0.29, 0.717) is 35.4 Å². The molecule has 11 nitrogen and oxygen atoms in total. The highest BCUT2D eigenvalue weighted by atomic mass is 16.5. The Hall–Kier alpha value is -4.46. The summed E-state index contributed by atoms with van der Waals surface area (Å²) in [7, 11) is 0. The molecule has 0 atom stereocenters. The number of imide groups is 1. The van der Waals surface area contributed by atoms with Crippen molar-refractivity contribution in [3.8, 4) is 17.8 Å². The largest absolute Gasteiger partial charge is 0.424 e. The first-order valence-electron chi connectivity index (χ1n) is 9.59. The van der Waals surface area contributed by atoms with E-state index < -0.39 is 11.9 Å². The van der Waals surface area contributed by atoms with Crippen LogP contribution in [0.4, 0.5) is 10.7 Å². The van der Waals surface area contributed by atoms with Crippen LogP contribution in [0.1, 0.15) is 24.0 Å². The number of rotatable bonds is 6. The maximum absolute atomic E-state index is 11.9. The minimum Gasteiger partial charge on any atom is -0.424 e. The van der Waals surface area contributed by atoms with E-state index in [2.05, 4.69) is 37.1 Å². The third kappa shape index (κ3) is 3.86. The van der Waals surface area contributed by atoms with Crippen molar-refractivity contribution in [2.45, 2.75) is 25.3 Å². The Morgan fingerprint density at radius 1 is 1.23 bits per heavy atom. The molecule has 0 bridgehead atoms. The minimum absolute atomic E-state index is 0.101. The summed E-state index contributed by atoms with van der Waals surface area (Å²) >= 11 is 0. The van der Waals surface area contributed by atoms with Crippen LogP contribution in [0, 0.1) is 11.3 Å². The van der Waals surface area contributed by atoms with Gasteiger partial charge in [-0.2, -0.15) is 24.8 Å². The van der Waals surface area contributed by atoms with Gasteiger partial charge in [0.2, 0.25) is 5.95 Å². The third-order valence-electron chi connectivity index (χ3n) is 4.72. The average molecular weight is 416 g/mol. The number of nitriles is 1. The Kier molecular flexibility index (Phi) is 4.44. The summed E-state index contributed by atoms with van der Waals surface area (Å²) in [6.07, 6.45) is 5.42. The van der Waals surface area contributed by atoms with E-state index in [9.17, 15) is 9.59 Å². The second kappa shape index (κ2) is 7.42. The Morgan fingerprint density at radius 2 is 2.03 bits per heavy atom. The monoisotopic (exact) mass is 416 g/mol. The van der Waals surface area contributed by atoms with Crippen molar-refractivity contribution in [1.29, 1.82) is 5.26 Å². The number of anilines is 1. The molecular weight excluding hydrogens is 400 g/mol. The van der Waals surface area contributed by atoms with Gasteiger partial charge in [0.25, 0.3) is 5.91 Å². The number of carbonyl (C=O) groups excluding carboxylic acids is 2. The molecule has 3 N–H and O–H groups in total. The molecule has 2 aromatic heterocycles. The van der Waals surface area contributed by atoms with Gasteiger partial charge in [0.05, 0.1) is 18.7 Å². The molecule has 1 saturated carbocycles. The summed E-state index contributed by atoms with van der Waals surface area (Å²) in [5.41, 5.74) is 1.91. The van der Waals surface area contributed by atoms with Gasteiger partial charge in [-0.3, -0.25) is 10.1 Å². The lowest BCUT2D eigenvalue weighted by Crippen LogP contribution is -2.22. The smallest absolute Gasteiger partial charge is 0.327 e. The maximum atomic E-state index is 11.9. The number of hydrogen-bond acceptors (Lipinski definition) is 8. The Morgan fingerprint density at radius 3 is 2.71 bits per heavy atom. The van der Waals surface area contributed by atoms with E-state index in [-0.39, 0.29) is 11.7 Å². The minimum atomic E-state index is -0.581. The van der Waals surface area contributed by atoms with Crippen LogP contribution in [0.2, 0.25) is 0 Å². The summed E-state index contributed by atoms with van der Waals surface area (Å²) in [5.74, 6) is 0.460. The first-order valence-corrected chi connectivity index (χ1v) is 9.59. The number of benzene rings is 1. The highest BCUT2D eigenvalue weighted by Crippen LogP contribution is 2.27. The van der Waals surface area contributed by atoms with Crippen LogP contribution in [0.15, 0.2) is 36.2 Å². The van der Waals surface area contributed by atoms with Crippen molar-refractivity contribution in [3.05, 3.63) is 47.3 Å². The van der Waals surface area contributed by atoms with E-state index >= 15 is 0 Å². The number of nitrogens with one attached hydrogen (secondary N) is 3. The lowest BCUT2D eigenvalue weighted by molar-refractivity contribution is -0.115. The molecule has 3 heterocycles. The van der Waals surface area contributed by atoms with E-state index in [1.807, 2.05) is 0 Å². The van der Waals surface area contributed by atoms with Gasteiger partial charge >= 0.3 is 12.0 Å². The highest BCUT2D eigenvalue weighted by Gasteiger charge is 2.26. The van der Waals surface area contributed by atoms with Crippen molar-refractivity contribution in [2.24, 2.45) is 0 Å². The number of aromatic nitrogens is 4. The second-order valence-corrected chi connectivity index (χ2v) is 7.13. The van der Waals surface area contributed by atoms with Crippen molar-refractivity contribution >= 4 is 29.6 Å². The van der Waals surface area contributed by atoms with Crippen molar-refractivity contribution in [1.82, 2.24) is 30.2 Å². The van der Waals surface area contributed by atoms with Crippen LogP contribution >= 0.6 is 0 Å². The average Bonchev–Trinajstić information content (AvgIpc) is 3.38. The summed E-state index contributed by atoms with van der Waals surface area (Å²) in [6.45, 7) is 0. The fraction of sp³-hybridized carbons (Fsp3) is 0.200. The highest BCUT2D eigenvalue weighted by molar-refractivity contribution is 6.14. The van der Waals surface area contributed by atoms with Gasteiger partial charge in [0, 0.05) is 11.6 Å². The van der Waals surface area contributed by atoms with E-state index in [0.717, 1.165) is 18.4 Å². The molecule has 11 heteroatoms. The van der Waals surface area contributed by atoms with Crippen LogP contribution in [0.25, 0.3) is 11.7 Å². The summed E-state index contributed by atoms with van der Waals surface area (Å²) in [4.78, 5) is 32.1. The van der Waals surface area contributed by atoms with Gasteiger partial charge in [0.1, 0.15) is 11.4 Å². The first-order chi connectivity index (χ1) is 15.1. The number of carbonyl (C=O) groups is 2. The van der Waals surface area contributed by atoms with Crippen molar-refractivity contribution in [3.63, 3.8) is 0 Å². The molecule has 3 amide bonds. The molecule has 0 radical (unpaired) electrons. The second-order valence-electron chi connectivity index (χ2n) is 7.13. The topological polar surface area (TPSA) is 146 Å².